The molecule has 1 unspecified atom stereocenters. The maximum Gasteiger partial charge on any atom is 0.334 e. The third-order valence-electron chi connectivity index (χ3n) is 3.41. The first kappa shape index (κ1) is 15.2. The first-order valence-corrected chi connectivity index (χ1v) is 7.45. The molecule has 0 aromatic carbocycles. The van der Waals surface area contributed by atoms with Crippen molar-refractivity contribution in [2.45, 2.75) is 71.6 Å². The number of hydrogen-bond acceptors (Lipinski definition) is 2. The topological polar surface area (TPSA) is 46.5 Å². The van der Waals surface area contributed by atoms with E-state index in [0.717, 1.165) is 12.8 Å². The summed E-state index contributed by atoms with van der Waals surface area (Å²) in [4.78, 5) is 10.00. The smallest absolute Gasteiger partial charge is 0.324 e. The van der Waals surface area contributed by atoms with E-state index < -0.39 is 12.8 Å². The zero-order chi connectivity index (χ0) is 12.1. The van der Waals surface area contributed by atoms with E-state index >= 15 is 0 Å². The van der Waals surface area contributed by atoms with Gasteiger partial charge in [0.2, 0.25) is 0 Å². The Balaban J connectivity index is 4.72. The highest BCUT2D eigenvalue weighted by Gasteiger charge is 2.42. The molecule has 0 spiro atoms. The largest absolute Gasteiger partial charge is 0.334 e. The molecule has 15 heavy (non-hydrogen) atoms. The summed E-state index contributed by atoms with van der Waals surface area (Å²) in [5.74, 6) is 0. The van der Waals surface area contributed by atoms with E-state index in [4.69, 9.17) is 4.52 Å². The van der Waals surface area contributed by atoms with Crippen molar-refractivity contribution in [2.75, 3.05) is 0 Å². The van der Waals surface area contributed by atoms with Crippen LogP contribution in [0.25, 0.3) is 0 Å². The van der Waals surface area contributed by atoms with Crippen LogP contribution in [0.2, 0.25) is 0 Å². The van der Waals surface area contributed by atoms with E-state index in [2.05, 4.69) is 0 Å². The Kier molecular flexibility index (Phi) is 6.09. The summed E-state index contributed by atoms with van der Waals surface area (Å²) in [5.41, 5.74) is 0. The molecule has 1 N–H and O–H groups in total. The summed E-state index contributed by atoms with van der Waals surface area (Å²) in [5, 5.41) is -0.602. The lowest BCUT2D eigenvalue weighted by Gasteiger charge is -2.33. The van der Waals surface area contributed by atoms with Crippen molar-refractivity contribution in [3.63, 3.8) is 0 Å². The van der Waals surface area contributed by atoms with Crippen LogP contribution in [0.15, 0.2) is 0 Å². The lowest BCUT2D eigenvalue weighted by atomic mass is 10.1. The highest BCUT2D eigenvalue weighted by molar-refractivity contribution is 7.54. The molecule has 0 aliphatic rings. The van der Waals surface area contributed by atoms with Crippen LogP contribution in [-0.2, 0) is 9.09 Å². The average Bonchev–Trinajstić information content (AvgIpc) is 2.24. The van der Waals surface area contributed by atoms with Crippen molar-refractivity contribution < 1.29 is 14.0 Å². The summed E-state index contributed by atoms with van der Waals surface area (Å²) < 4.78 is 17.6. The van der Waals surface area contributed by atoms with Gasteiger partial charge in [0.1, 0.15) is 0 Å². The van der Waals surface area contributed by atoms with Crippen LogP contribution >= 0.6 is 7.60 Å². The second kappa shape index (κ2) is 6.03. The van der Waals surface area contributed by atoms with E-state index in [9.17, 15) is 9.46 Å². The summed E-state index contributed by atoms with van der Waals surface area (Å²) in [6.07, 6.45) is 2.79. The third kappa shape index (κ3) is 3.58. The molecule has 92 valence electrons. The quantitative estimate of drug-likeness (QED) is 0.680. The van der Waals surface area contributed by atoms with Gasteiger partial charge in [0.25, 0.3) is 0 Å². The molecule has 0 amide bonds. The van der Waals surface area contributed by atoms with Crippen molar-refractivity contribution in [2.24, 2.45) is 0 Å². The zero-order valence-corrected chi connectivity index (χ0v) is 11.5. The predicted octanol–water partition coefficient (Wildman–Crippen LogP) is 3.96. The van der Waals surface area contributed by atoms with Gasteiger partial charge < -0.3 is 9.42 Å². The molecule has 0 aromatic rings. The Morgan fingerprint density at radius 2 is 1.60 bits per heavy atom. The van der Waals surface area contributed by atoms with Crippen molar-refractivity contribution in [1.29, 1.82) is 0 Å². The highest BCUT2D eigenvalue weighted by atomic mass is 31.2. The van der Waals surface area contributed by atoms with Crippen LogP contribution in [0.3, 0.4) is 0 Å². The van der Waals surface area contributed by atoms with Crippen LogP contribution in [0.1, 0.15) is 60.3 Å². The molecule has 0 bridgehead atoms. The lowest BCUT2D eigenvalue weighted by molar-refractivity contribution is 0.151. The fourth-order valence-electron chi connectivity index (χ4n) is 1.42. The predicted molar refractivity (Wildman–Crippen MR) is 64.3 cm³/mol. The van der Waals surface area contributed by atoms with E-state index in [1.165, 1.54) is 0 Å². The van der Waals surface area contributed by atoms with Crippen LogP contribution in [-0.4, -0.2) is 16.2 Å². The van der Waals surface area contributed by atoms with Gasteiger partial charge in [-0.2, -0.15) is 0 Å². The van der Waals surface area contributed by atoms with E-state index in [1.807, 2.05) is 34.6 Å². The summed E-state index contributed by atoms with van der Waals surface area (Å²) in [7, 11) is -3.50. The molecule has 0 saturated carbocycles. The molecular formula is C11H25O3P. The van der Waals surface area contributed by atoms with Gasteiger partial charge in [-0.1, -0.05) is 27.7 Å². The van der Waals surface area contributed by atoms with Gasteiger partial charge in [-0.15, -0.1) is 0 Å². The van der Waals surface area contributed by atoms with Crippen molar-refractivity contribution >= 4 is 7.60 Å². The molecule has 0 aliphatic carbocycles. The van der Waals surface area contributed by atoms with Gasteiger partial charge in [-0.05, 0) is 32.6 Å². The van der Waals surface area contributed by atoms with Gasteiger partial charge in [-0.3, -0.25) is 4.57 Å². The molecule has 0 saturated heterocycles. The minimum absolute atomic E-state index is 0.0988. The first-order valence-electron chi connectivity index (χ1n) is 5.88. The molecule has 3 nitrogen and oxygen atoms in total. The average molecular weight is 236 g/mol. The van der Waals surface area contributed by atoms with Crippen LogP contribution in [0, 0.1) is 0 Å². The first-order chi connectivity index (χ1) is 6.86. The van der Waals surface area contributed by atoms with Gasteiger partial charge >= 0.3 is 7.60 Å². The Labute approximate surface area is 93.8 Å². The highest BCUT2D eigenvalue weighted by Crippen LogP contribution is 2.59. The van der Waals surface area contributed by atoms with Gasteiger partial charge in [0.15, 0.2) is 0 Å². The van der Waals surface area contributed by atoms with Gasteiger partial charge in [-0.25, -0.2) is 0 Å². The Morgan fingerprint density at radius 3 is 1.87 bits per heavy atom. The third-order valence-corrected chi connectivity index (χ3v) is 5.99. The van der Waals surface area contributed by atoms with Gasteiger partial charge in [0.05, 0.1) is 11.3 Å². The summed E-state index contributed by atoms with van der Waals surface area (Å²) in [6.45, 7) is 9.65. The number of hydrogen-bond donors (Lipinski definition) is 1. The van der Waals surface area contributed by atoms with Crippen LogP contribution < -0.4 is 0 Å². The van der Waals surface area contributed by atoms with Crippen molar-refractivity contribution in [3.05, 3.63) is 0 Å². The fraction of sp³-hybridized carbons (Fsp3) is 1.00. The summed E-state index contributed by atoms with van der Waals surface area (Å²) in [6, 6.07) is 0. The zero-order valence-electron chi connectivity index (χ0n) is 10.6. The second-order valence-electron chi connectivity index (χ2n) is 4.27. The van der Waals surface area contributed by atoms with E-state index in [0.29, 0.717) is 12.8 Å². The Bertz CT molecular complexity index is 220. The molecule has 0 aromatic heterocycles. The van der Waals surface area contributed by atoms with E-state index in [1.54, 1.807) is 0 Å². The Hall–Kier alpha value is 0.150. The standard InChI is InChI=1S/C11H25O3P/c1-6-10(7-2)14-15(12,13)11(5,8-3)9-4/h10H,6-9H2,1-5H3,(H,12,13). The van der Waals surface area contributed by atoms with Crippen LogP contribution in [0.4, 0.5) is 0 Å². The molecule has 0 fully saturated rings. The fourth-order valence-corrected chi connectivity index (χ4v) is 3.17. The molecule has 0 rings (SSSR count). The monoisotopic (exact) mass is 236 g/mol. The van der Waals surface area contributed by atoms with Crippen molar-refractivity contribution in [1.82, 2.24) is 0 Å². The lowest BCUT2D eigenvalue weighted by Crippen LogP contribution is -2.26. The molecule has 0 radical (unpaired) electrons. The van der Waals surface area contributed by atoms with Crippen LogP contribution in [0.5, 0.6) is 0 Å². The molecule has 0 heterocycles. The molecule has 1 atom stereocenters. The molecular weight excluding hydrogens is 211 g/mol. The SMILES string of the molecule is CCC(CC)OP(=O)(O)C(C)(CC)CC. The minimum Gasteiger partial charge on any atom is -0.324 e. The normalized spacial score (nSPS) is 16.7. The van der Waals surface area contributed by atoms with E-state index in [-0.39, 0.29) is 6.10 Å². The minimum atomic E-state index is -3.50. The second-order valence-corrected chi connectivity index (χ2v) is 6.60. The van der Waals surface area contributed by atoms with Crippen molar-refractivity contribution in [3.8, 4) is 0 Å². The number of rotatable bonds is 7. The Morgan fingerprint density at radius 1 is 1.20 bits per heavy atom. The maximum absolute atomic E-state index is 12.2. The summed E-state index contributed by atoms with van der Waals surface area (Å²) >= 11 is 0. The maximum atomic E-state index is 12.2. The van der Waals surface area contributed by atoms with Gasteiger partial charge in [0, 0.05) is 0 Å². The molecule has 4 heteroatoms. The molecule has 0 aliphatic heterocycles.